The molecule has 0 radical (unpaired) electrons. The Kier molecular flexibility index (Phi) is 9.12. The number of anilines is 2. The lowest BCUT2D eigenvalue weighted by Gasteiger charge is -2.34. The summed E-state index contributed by atoms with van der Waals surface area (Å²) in [6.45, 7) is 11.2. The Hall–Kier alpha value is -3.36. The molecule has 1 fully saturated rings. The van der Waals surface area contributed by atoms with E-state index in [0.29, 0.717) is 31.4 Å². The van der Waals surface area contributed by atoms with Crippen LogP contribution in [0.25, 0.3) is 0 Å². The van der Waals surface area contributed by atoms with Crippen LogP contribution in [0.5, 0.6) is 6.01 Å². The maximum atomic E-state index is 12.5. The summed E-state index contributed by atoms with van der Waals surface area (Å²) >= 11 is 0. The van der Waals surface area contributed by atoms with Crippen LogP contribution in [0.15, 0.2) is 30.6 Å². The Balaban J connectivity index is 1.83. The van der Waals surface area contributed by atoms with E-state index in [9.17, 15) is 14.7 Å². The lowest BCUT2D eigenvalue weighted by atomic mass is 9.85. The number of rotatable bonds is 9. The first-order chi connectivity index (χ1) is 17.1. The second-order valence-electron chi connectivity index (χ2n) is 10.1. The van der Waals surface area contributed by atoms with Gasteiger partial charge in [-0.1, -0.05) is 19.1 Å². The monoisotopic (exact) mass is 498 g/mol. The highest BCUT2D eigenvalue weighted by Gasteiger charge is 2.29. The molecule has 2 aromatic rings. The Bertz CT molecular complexity index is 1030. The molecule has 2 heterocycles. The number of benzene rings is 1. The molecular weight excluding hydrogens is 460 g/mol. The van der Waals surface area contributed by atoms with E-state index in [-0.39, 0.29) is 24.3 Å². The van der Waals surface area contributed by atoms with E-state index in [1.165, 1.54) is 0 Å². The van der Waals surface area contributed by atoms with E-state index in [1.807, 2.05) is 46.8 Å². The third-order valence-electron chi connectivity index (χ3n) is 6.23. The fraction of sp³-hybridized carbons (Fsp3) is 0.556. The van der Waals surface area contributed by atoms with Crippen LogP contribution < -0.4 is 10.1 Å². The summed E-state index contributed by atoms with van der Waals surface area (Å²) in [5.74, 6) is -0.652. The number of nitrogens with zero attached hydrogens (tertiary/aromatic N) is 3. The molecule has 1 amide bonds. The summed E-state index contributed by atoms with van der Waals surface area (Å²) in [4.78, 5) is 34.2. The summed E-state index contributed by atoms with van der Waals surface area (Å²) in [5, 5.41) is 12.8. The standard InChI is InChI=1S/C27H38N4O5/c1-6-18(15-24(32)33)20-8-9-22(19-10-12-31(13-11-19)26(34)36-27(3,4)5)23(14-20)30-21-16-28-25(29-17-21)35-7-2/h8-9,14,16-19,30H,6-7,10-13,15H2,1-5H3,(H,32,33)/t18-/m1/s1. The molecular formula is C27H38N4O5. The van der Waals surface area contributed by atoms with Gasteiger partial charge in [0.15, 0.2) is 0 Å². The maximum Gasteiger partial charge on any atom is 0.410 e. The molecule has 36 heavy (non-hydrogen) atoms. The molecule has 3 rings (SSSR count). The number of carbonyl (C=O) groups excluding carboxylic acids is 1. The number of aliphatic carboxylic acids is 1. The van der Waals surface area contributed by atoms with Crippen molar-refractivity contribution in [3.63, 3.8) is 0 Å². The predicted molar refractivity (Wildman–Crippen MR) is 138 cm³/mol. The molecule has 1 aliphatic heterocycles. The maximum absolute atomic E-state index is 12.5. The molecule has 0 saturated carbocycles. The van der Waals surface area contributed by atoms with E-state index >= 15 is 0 Å². The van der Waals surface area contributed by atoms with Crippen molar-refractivity contribution in [2.24, 2.45) is 0 Å². The summed E-state index contributed by atoms with van der Waals surface area (Å²) in [6.07, 6.45) is 5.49. The SMILES string of the molecule is CCOc1ncc(Nc2cc([C@H](CC)CC(=O)O)ccc2C2CCN(C(=O)OC(C)(C)C)CC2)cn1. The summed E-state index contributed by atoms with van der Waals surface area (Å²) in [7, 11) is 0. The fourth-order valence-corrected chi connectivity index (χ4v) is 4.44. The minimum absolute atomic E-state index is 0.0791. The Labute approximate surface area is 213 Å². The van der Waals surface area contributed by atoms with Gasteiger partial charge in [-0.3, -0.25) is 4.79 Å². The van der Waals surface area contributed by atoms with Gasteiger partial charge in [0, 0.05) is 18.8 Å². The highest BCUT2D eigenvalue weighted by Crippen LogP contribution is 2.37. The van der Waals surface area contributed by atoms with Crippen molar-refractivity contribution in [1.82, 2.24) is 14.9 Å². The van der Waals surface area contributed by atoms with Gasteiger partial charge in [0.25, 0.3) is 0 Å². The zero-order chi connectivity index (χ0) is 26.3. The molecule has 196 valence electrons. The van der Waals surface area contributed by atoms with Crippen LogP contribution in [0, 0.1) is 0 Å². The van der Waals surface area contributed by atoms with Crippen LogP contribution in [0.1, 0.15) is 83.3 Å². The minimum Gasteiger partial charge on any atom is -0.481 e. The average Bonchev–Trinajstić information content (AvgIpc) is 2.83. The number of ether oxygens (including phenoxy) is 2. The second kappa shape index (κ2) is 12.1. The van der Waals surface area contributed by atoms with Crippen molar-refractivity contribution in [2.75, 3.05) is 25.0 Å². The number of nitrogens with one attached hydrogen (secondary N) is 1. The number of carbonyl (C=O) groups is 2. The number of hydrogen-bond acceptors (Lipinski definition) is 7. The van der Waals surface area contributed by atoms with Gasteiger partial charge < -0.3 is 24.8 Å². The average molecular weight is 499 g/mol. The van der Waals surface area contributed by atoms with Gasteiger partial charge >= 0.3 is 18.1 Å². The molecule has 1 aromatic heterocycles. The molecule has 1 aromatic carbocycles. The topological polar surface area (TPSA) is 114 Å². The van der Waals surface area contributed by atoms with Crippen molar-refractivity contribution >= 4 is 23.4 Å². The van der Waals surface area contributed by atoms with Crippen LogP contribution in [0.2, 0.25) is 0 Å². The Morgan fingerprint density at radius 2 is 1.83 bits per heavy atom. The number of carboxylic acid groups (broad SMARTS) is 1. The first-order valence-corrected chi connectivity index (χ1v) is 12.6. The van der Waals surface area contributed by atoms with Gasteiger partial charge in [0.05, 0.1) is 31.1 Å². The Morgan fingerprint density at radius 1 is 1.17 bits per heavy atom. The smallest absolute Gasteiger partial charge is 0.410 e. The molecule has 0 unspecified atom stereocenters. The largest absolute Gasteiger partial charge is 0.481 e. The molecule has 1 atom stereocenters. The first-order valence-electron chi connectivity index (χ1n) is 12.6. The Morgan fingerprint density at radius 3 is 2.39 bits per heavy atom. The molecule has 9 nitrogen and oxygen atoms in total. The normalized spacial score (nSPS) is 15.3. The molecule has 1 aliphatic rings. The quantitative estimate of drug-likeness (QED) is 0.452. The van der Waals surface area contributed by atoms with Crippen molar-refractivity contribution in [1.29, 1.82) is 0 Å². The van der Waals surface area contributed by atoms with Crippen LogP contribution >= 0.6 is 0 Å². The summed E-state index contributed by atoms with van der Waals surface area (Å²) in [5.41, 5.74) is 3.20. The molecule has 9 heteroatoms. The van der Waals surface area contributed by atoms with E-state index in [1.54, 1.807) is 17.3 Å². The molecule has 0 bridgehead atoms. The van der Waals surface area contributed by atoms with Crippen molar-refractivity contribution in [3.05, 3.63) is 41.7 Å². The van der Waals surface area contributed by atoms with Gasteiger partial charge in [-0.2, -0.15) is 0 Å². The van der Waals surface area contributed by atoms with Gasteiger partial charge in [-0.05, 0) is 76.0 Å². The lowest BCUT2D eigenvalue weighted by molar-refractivity contribution is -0.137. The molecule has 2 N–H and O–H groups in total. The highest BCUT2D eigenvalue weighted by atomic mass is 16.6. The number of likely N-dealkylation sites (tertiary alicyclic amines) is 1. The van der Waals surface area contributed by atoms with E-state index in [0.717, 1.165) is 36.1 Å². The fourth-order valence-electron chi connectivity index (χ4n) is 4.44. The number of aromatic nitrogens is 2. The van der Waals surface area contributed by atoms with Crippen LogP contribution in [-0.2, 0) is 9.53 Å². The van der Waals surface area contributed by atoms with Crippen molar-refractivity contribution in [3.8, 4) is 6.01 Å². The second-order valence-corrected chi connectivity index (χ2v) is 10.1. The van der Waals surface area contributed by atoms with Crippen LogP contribution in [-0.4, -0.2) is 57.3 Å². The zero-order valence-electron chi connectivity index (χ0n) is 21.9. The number of amides is 1. The zero-order valence-corrected chi connectivity index (χ0v) is 21.9. The van der Waals surface area contributed by atoms with Crippen LogP contribution in [0.4, 0.5) is 16.2 Å². The molecule has 0 aliphatic carbocycles. The van der Waals surface area contributed by atoms with E-state index < -0.39 is 11.6 Å². The van der Waals surface area contributed by atoms with Gasteiger partial charge in [0.1, 0.15) is 5.60 Å². The predicted octanol–water partition coefficient (Wildman–Crippen LogP) is 5.70. The van der Waals surface area contributed by atoms with Crippen LogP contribution in [0.3, 0.4) is 0 Å². The van der Waals surface area contributed by atoms with E-state index in [2.05, 4.69) is 21.4 Å². The minimum atomic E-state index is -0.810. The number of piperidine rings is 1. The number of carboxylic acids is 1. The highest BCUT2D eigenvalue weighted by molar-refractivity contribution is 5.70. The first kappa shape index (κ1) is 27.2. The molecule has 1 saturated heterocycles. The number of hydrogen-bond donors (Lipinski definition) is 2. The van der Waals surface area contributed by atoms with Gasteiger partial charge in [-0.15, -0.1) is 0 Å². The van der Waals surface area contributed by atoms with Gasteiger partial charge in [0.2, 0.25) is 0 Å². The van der Waals surface area contributed by atoms with Gasteiger partial charge in [-0.25, -0.2) is 14.8 Å². The van der Waals surface area contributed by atoms with Crippen molar-refractivity contribution < 1.29 is 24.2 Å². The molecule has 0 spiro atoms. The third kappa shape index (κ3) is 7.57. The lowest BCUT2D eigenvalue weighted by Crippen LogP contribution is -2.41. The third-order valence-corrected chi connectivity index (χ3v) is 6.23. The summed E-state index contributed by atoms with van der Waals surface area (Å²) < 4.78 is 10.9. The van der Waals surface area contributed by atoms with Crippen molar-refractivity contribution in [2.45, 2.75) is 77.7 Å². The van der Waals surface area contributed by atoms with E-state index in [4.69, 9.17) is 9.47 Å². The summed E-state index contributed by atoms with van der Waals surface area (Å²) in [6, 6.07) is 6.49.